The molecule has 162 valence electrons. The summed E-state index contributed by atoms with van der Waals surface area (Å²) < 4.78 is 6.01. The minimum Gasteiger partial charge on any atom is -0.485 e. The first-order valence-corrected chi connectivity index (χ1v) is 12.7. The van der Waals surface area contributed by atoms with E-state index in [9.17, 15) is 10.1 Å². The lowest BCUT2D eigenvalue weighted by atomic mass is 10.0. The zero-order valence-electron chi connectivity index (χ0n) is 17.4. The molecule has 0 radical (unpaired) electrons. The number of para-hydroxylation sites is 1. The number of benzene rings is 1. The molecular weight excluding hydrogens is 470 g/mol. The minimum absolute atomic E-state index is 0.186. The zero-order valence-corrected chi connectivity index (χ0v) is 19.9. The highest BCUT2D eigenvalue weighted by atomic mass is 32.1. The molecule has 1 N–H and O–H groups in total. The van der Waals surface area contributed by atoms with Crippen LogP contribution in [0.3, 0.4) is 0 Å². The first-order chi connectivity index (χ1) is 16.1. The fourth-order valence-corrected chi connectivity index (χ4v) is 5.75. The molecule has 0 fully saturated rings. The lowest BCUT2D eigenvalue weighted by molar-refractivity contribution is 0.103. The van der Waals surface area contributed by atoms with Crippen molar-refractivity contribution in [1.29, 1.82) is 5.26 Å². The van der Waals surface area contributed by atoms with Crippen LogP contribution in [0.15, 0.2) is 70.9 Å². The molecule has 1 unspecified atom stereocenters. The number of aromatic nitrogens is 1. The lowest BCUT2D eigenvalue weighted by Gasteiger charge is -2.22. The molecule has 1 atom stereocenters. The van der Waals surface area contributed by atoms with E-state index in [1.165, 1.54) is 34.0 Å². The number of allylic oxidation sites excluding steroid dienone is 1. The van der Waals surface area contributed by atoms with E-state index in [1.54, 1.807) is 6.07 Å². The second-order valence-corrected chi connectivity index (χ2v) is 10.1. The van der Waals surface area contributed by atoms with E-state index in [0.29, 0.717) is 26.2 Å². The Morgan fingerprint density at radius 3 is 2.73 bits per heavy atom. The number of thiazole rings is 1. The average molecular weight is 488 g/mol. The van der Waals surface area contributed by atoms with E-state index in [-0.39, 0.29) is 12.0 Å². The number of fused-ring (bicyclic) bond motifs is 1. The quantitative estimate of drug-likeness (QED) is 0.309. The van der Waals surface area contributed by atoms with Gasteiger partial charge < -0.3 is 10.1 Å². The minimum atomic E-state index is -0.196. The molecule has 1 aliphatic rings. The predicted octanol–water partition coefficient (Wildman–Crippen LogP) is 6.96. The van der Waals surface area contributed by atoms with Gasteiger partial charge in [-0.25, -0.2) is 4.98 Å². The maximum Gasteiger partial charge on any atom is 0.266 e. The van der Waals surface area contributed by atoms with Gasteiger partial charge in [0.2, 0.25) is 0 Å². The Labute approximate surface area is 202 Å². The van der Waals surface area contributed by atoms with Crippen LogP contribution in [0.2, 0.25) is 0 Å². The summed E-state index contributed by atoms with van der Waals surface area (Å²) in [6, 6.07) is 17.6. The molecule has 1 amide bonds. The molecule has 0 aliphatic carbocycles. The highest BCUT2D eigenvalue weighted by Gasteiger charge is 2.22. The fourth-order valence-electron chi connectivity index (χ4n) is 3.40. The third-order valence-electron chi connectivity index (χ3n) is 5.03. The van der Waals surface area contributed by atoms with Crippen LogP contribution in [0.4, 0.5) is 5.00 Å². The first kappa shape index (κ1) is 21.3. The Kier molecular flexibility index (Phi) is 5.92. The van der Waals surface area contributed by atoms with Crippen LogP contribution in [-0.2, 0) is 0 Å². The molecule has 5 nitrogen and oxygen atoms in total. The highest BCUT2D eigenvalue weighted by Crippen LogP contribution is 2.39. The molecular formula is C25H17N3O2S3. The predicted molar refractivity (Wildman–Crippen MR) is 136 cm³/mol. The maximum absolute atomic E-state index is 12.7. The molecule has 1 aliphatic heterocycles. The van der Waals surface area contributed by atoms with Gasteiger partial charge in [-0.15, -0.1) is 22.7 Å². The number of ether oxygens (including phenoxy) is 1. The van der Waals surface area contributed by atoms with Gasteiger partial charge in [-0.1, -0.05) is 41.7 Å². The van der Waals surface area contributed by atoms with Crippen LogP contribution in [0.25, 0.3) is 22.2 Å². The molecule has 0 spiro atoms. The number of amides is 1. The van der Waals surface area contributed by atoms with Crippen LogP contribution in [-0.4, -0.2) is 17.0 Å². The summed E-state index contributed by atoms with van der Waals surface area (Å²) in [4.78, 5) is 19.0. The summed E-state index contributed by atoms with van der Waals surface area (Å²) in [7, 11) is 0. The van der Waals surface area contributed by atoms with Crippen molar-refractivity contribution in [3.05, 3.63) is 86.4 Å². The molecule has 1 aromatic carbocycles. The Bertz CT molecular complexity index is 1410. The normalized spacial score (nSPS) is 15.2. The highest BCUT2D eigenvalue weighted by molar-refractivity contribution is 7.19. The zero-order chi connectivity index (χ0) is 22.8. The summed E-state index contributed by atoms with van der Waals surface area (Å²) in [5, 5.41) is 17.9. The number of nitrogens with zero attached hydrogens (tertiary/aromatic N) is 2. The van der Waals surface area contributed by atoms with Crippen molar-refractivity contribution < 1.29 is 9.53 Å². The van der Waals surface area contributed by atoms with E-state index in [4.69, 9.17) is 9.72 Å². The topological polar surface area (TPSA) is 75.0 Å². The van der Waals surface area contributed by atoms with E-state index in [1.807, 2.05) is 72.3 Å². The van der Waals surface area contributed by atoms with Gasteiger partial charge in [-0.2, -0.15) is 5.26 Å². The molecule has 5 rings (SSSR count). The van der Waals surface area contributed by atoms with Crippen molar-refractivity contribution >= 4 is 56.6 Å². The number of rotatable bonds is 5. The van der Waals surface area contributed by atoms with E-state index < -0.39 is 0 Å². The monoisotopic (exact) mass is 487 g/mol. The van der Waals surface area contributed by atoms with E-state index in [2.05, 4.69) is 11.4 Å². The van der Waals surface area contributed by atoms with Crippen molar-refractivity contribution in [1.82, 2.24) is 4.98 Å². The fraction of sp³-hybridized carbons (Fsp3) is 0.0800. The van der Waals surface area contributed by atoms with E-state index >= 15 is 0 Å². The van der Waals surface area contributed by atoms with Crippen molar-refractivity contribution in [3.63, 3.8) is 0 Å². The van der Waals surface area contributed by atoms with Gasteiger partial charge in [0.15, 0.2) is 0 Å². The molecule has 8 heteroatoms. The van der Waals surface area contributed by atoms with Gasteiger partial charge in [0, 0.05) is 5.56 Å². The van der Waals surface area contributed by atoms with Crippen molar-refractivity contribution in [2.45, 2.75) is 13.0 Å². The standard InChI is InChI=1S/C25H17N3O2S3/c1-15-17(12-16-6-2-3-7-19(16)30-15)13-18(14-26)24-27-22(20-8-4-10-31-20)25(33-24)28-23(29)21-9-5-11-32-21/h2-13,15H,1H3,(H,28,29). The Hall–Kier alpha value is -3.51. The Morgan fingerprint density at radius 1 is 1.15 bits per heavy atom. The Balaban J connectivity index is 1.53. The first-order valence-electron chi connectivity index (χ1n) is 10.1. The summed E-state index contributed by atoms with van der Waals surface area (Å²) in [5.41, 5.74) is 2.96. The summed E-state index contributed by atoms with van der Waals surface area (Å²) in [6.45, 7) is 1.96. The number of nitriles is 1. The molecule has 4 heterocycles. The summed E-state index contributed by atoms with van der Waals surface area (Å²) >= 11 is 4.22. The molecule has 33 heavy (non-hydrogen) atoms. The van der Waals surface area contributed by atoms with Crippen LogP contribution in [0.1, 0.15) is 27.2 Å². The summed E-state index contributed by atoms with van der Waals surface area (Å²) in [5.74, 6) is 0.641. The van der Waals surface area contributed by atoms with Gasteiger partial charge >= 0.3 is 0 Å². The largest absolute Gasteiger partial charge is 0.485 e. The van der Waals surface area contributed by atoms with Crippen LogP contribution in [0, 0.1) is 11.3 Å². The van der Waals surface area contributed by atoms with Crippen LogP contribution >= 0.6 is 34.0 Å². The number of carbonyl (C=O) groups excluding carboxylic acids is 1. The number of anilines is 1. The van der Waals surface area contributed by atoms with Gasteiger partial charge in [-0.05, 0) is 53.6 Å². The van der Waals surface area contributed by atoms with Crippen molar-refractivity contribution in [2.75, 3.05) is 5.32 Å². The summed E-state index contributed by atoms with van der Waals surface area (Å²) in [6.07, 6.45) is 3.66. The molecule has 0 bridgehead atoms. The molecule has 0 saturated heterocycles. The van der Waals surface area contributed by atoms with Gasteiger partial charge in [-0.3, -0.25) is 4.79 Å². The molecule has 4 aromatic rings. The maximum atomic E-state index is 12.7. The third-order valence-corrected chi connectivity index (χ3v) is 7.78. The molecule has 3 aromatic heterocycles. The van der Waals surface area contributed by atoms with Crippen molar-refractivity contribution in [2.24, 2.45) is 0 Å². The van der Waals surface area contributed by atoms with Crippen LogP contribution < -0.4 is 10.1 Å². The van der Waals surface area contributed by atoms with E-state index in [0.717, 1.165) is 21.8 Å². The number of nitrogens with one attached hydrogen (secondary N) is 1. The van der Waals surface area contributed by atoms with Gasteiger partial charge in [0.25, 0.3) is 5.91 Å². The SMILES string of the molecule is CC1Oc2ccccc2C=C1C=C(C#N)c1nc(-c2cccs2)c(NC(=O)c2cccs2)s1. The number of hydrogen-bond donors (Lipinski definition) is 1. The van der Waals surface area contributed by atoms with Gasteiger partial charge in [0.1, 0.15) is 33.6 Å². The number of hydrogen-bond acceptors (Lipinski definition) is 7. The molecule has 0 saturated carbocycles. The lowest BCUT2D eigenvalue weighted by Crippen LogP contribution is -2.17. The van der Waals surface area contributed by atoms with Crippen LogP contribution in [0.5, 0.6) is 5.75 Å². The average Bonchev–Trinajstić information content (AvgIpc) is 3.59. The second-order valence-electron chi connectivity index (χ2n) is 7.22. The third kappa shape index (κ3) is 4.39. The van der Waals surface area contributed by atoms with Crippen molar-refractivity contribution in [3.8, 4) is 22.4 Å². The van der Waals surface area contributed by atoms with Gasteiger partial charge in [0.05, 0.1) is 15.3 Å². The smallest absolute Gasteiger partial charge is 0.266 e. The Morgan fingerprint density at radius 2 is 1.97 bits per heavy atom. The number of thiophene rings is 2. The second kappa shape index (κ2) is 9.16. The number of carbonyl (C=O) groups is 1.